The predicted molar refractivity (Wildman–Crippen MR) is 158 cm³/mol. The van der Waals surface area contributed by atoms with Gasteiger partial charge in [-0.25, -0.2) is 0 Å². The van der Waals surface area contributed by atoms with E-state index in [1.807, 2.05) is 18.2 Å². The van der Waals surface area contributed by atoms with Crippen LogP contribution >= 0.6 is 34.8 Å². The Morgan fingerprint density at radius 1 is 0.641 bits per heavy atom. The summed E-state index contributed by atoms with van der Waals surface area (Å²) in [5, 5.41) is 6.48. The van der Waals surface area contributed by atoms with E-state index in [4.69, 9.17) is 34.8 Å². The molecule has 0 unspecified atom stereocenters. The molecule has 0 radical (unpaired) electrons. The summed E-state index contributed by atoms with van der Waals surface area (Å²) in [6.07, 6.45) is 4.53. The molecule has 0 aliphatic carbocycles. The quantitative estimate of drug-likeness (QED) is 0.165. The lowest BCUT2D eigenvalue weighted by molar-refractivity contribution is -0.113. The minimum atomic E-state index is -0.590. The van der Waals surface area contributed by atoms with E-state index < -0.39 is 11.8 Å². The highest BCUT2D eigenvalue weighted by atomic mass is 35.5. The monoisotopic (exact) mass is 574 g/mol. The lowest BCUT2D eigenvalue weighted by Gasteiger charge is -2.12. The van der Waals surface area contributed by atoms with Gasteiger partial charge in [-0.3, -0.25) is 14.4 Å². The molecule has 0 saturated heterocycles. The first-order valence-electron chi connectivity index (χ1n) is 11.7. The summed E-state index contributed by atoms with van der Waals surface area (Å²) in [7, 11) is 0. The number of nitrogens with one attached hydrogen (secondary N) is 2. The topological polar surface area (TPSA) is 75.3 Å². The second-order valence-corrected chi connectivity index (χ2v) is 9.46. The van der Waals surface area contributed by atoms with E-state index in [0.717, 1.165) is 5.56 Å². The Balaban J connectivity index is 1.53. The zero-order valence-corrected chi connectivity index (χ0v) is 22.6. The van der Waals surface area contributed by atoms with Crippen LogP contribution in [0.15, 0.2) is 109 Å². The first kappa shape index (κ1) is 27.9. The molecule has 0 spiro atoms. The van der Waals surface area contributed by atoms with Crippen molar-refractivity contribution in [2.24, 2.45) is 0 Å². The molecular formula is C31H21Cl3N2O3. The second kappa shape index (κ2) is 13.1. The molecule has 4 aromatic carbocycles. The van der Waals surface area contributed by atoms with E-state index in [9.17, 15) is 14.4 Å². The average Bonchev–Trinajstić information content (AvgIpc) is 2.95. The Morgan fingerprint density at radius 3 is 2.00 bits per heavy atom. The molecule has 5 nitrogen and oxygen atoms in total. The average molecular weight is 576 g/mol. The number of carbonyl (C=O) groups is 3. The van der Waals surface area contributed by atoms with Crippen LogP contribution in [0.2, 0.25) is 15.1 Å². The lowest BCUT2D eigenvalue weighted by atomic mass is 10.1. The Morgan fingerprint density at radius 2 is 1.28 bits per heavy atom. The number of benzene rings is 4. The molecule has 0 bridgehead atoms. The summed E-state index contributed by atoms with van der Waals surface area (Å²) < 4.78 is 0. The molecule has 0 atom stereocenters. The number of hydrogen-bond donors (Lipinski definition) is 2. The van der Waals surface area contributed by atoms with Crippen LogP contribution in [0.25, 0.3) is 12.2 Å². The normalized spacial score (nSPS) is 11.3. The van der Waals surface area contributed by atoms with Gasteiger partial charge in [0.15, 0.2) is 5.78 Å². The highest BCUT2D eigenvalue weighted by Crippen LogP contribution is 2.27. The molecule has 2 N–H and O–H groups in total. The maximum Gasteiger partial charge on any atom is 0.272 e. The summed E-state index contributed by atoms with van der Waals surface area (Å²) in [6.45, 7) is 0. The van der Waals surface area contributed by atoms with Crippen molar-refractivity contribution in [1.29, 1.82) is 0 Å². The Labute approximate surface area is 240 Å². The zero-order chi connectivity index (χ0) is 27.8. The van der Waals surface area contributed by atoms with Crippen molar-refractivity contribution < 1.29 is 14.4 Å². The Hall–Kier alpha value is -4.16. The molecule has 4 rings (SSSR count). The third-order valence-corrected chi connectivity index (χ3v) is 6.73. The van der Waals surface area contributed by atoms with Gasteiger partial charge in [0.25, 0.3) is 11.8 Å². The smallest absolute Gasteiger partial charge is 0.272 e. The van der Waals surface area contributed by atoms with Crippen LogP contribution in [-0.4, -0.2) is 17.6 Å². The molecule has 2 amide bonds. The number of allylic oxidation sites excluding steroid dienone is 1. The van der Waals surface area contributed by atoms with E-state index >= 15 is 0 Å². The summed E-state index contributed by atoms with van der Waals surface area (Å²) in [4.78, 5) is 38.6. The molecule has 0 heterocycles. The fraction of sp³-hybridized carbons (Fsp3) is 0. The minimum absolute atomic E-state index is 0.0455. The third-order valence-electron chi connectivity index (χ3n) is 5.56. The molecular weight excluding hydrogens is 555 g/mol. The first-order chi connectivity index (χ1) is 18.8. The van der Waals surface area contributed by atoms with Crippen molar-refractivity contribution in [1.82, 2.24) is 5.32 Å². The van der Waals surface area contributed by atoms with Gasteiger partial charge in [-0.2, -0.15) is 0 Å². The number of amides is 2. The van der Waals surface area contributed by atoms with Crippen LogP contribution in [0.5, 0.6) is 0 Å². The number of anilines is 1. The van der Waals surface area contributed by atoms with E-state index in [2.05, 4.69) is 10.6 Å². The first-order valence-corrected chi connectivity index (χ1v) is 12.9. The van der Waals surface area contributed by atoms with Crippen LogP contribution in [0.3, 0.4) is 0 Å². The summed E-state index contributed by atoms with van der Waals surface area (Å²) in [5.41, 5.74) is 2.36. The fourth-order valence-corrected chi connectivity index (χ4v) is 4.08. The Kier molecular flexibility index (Phi) is 9.34. The van der Waals surface area contributed by atoms with E-state index in [1.54, 1.807) is 84.9 Å². The van der Waals surface area contributed by atoms with Gasteiger partial charge in [0, 0.05) is 21.8 Å². The van der Waals surface area contributed by atoms with Gasteiger partial charge >= 0.3 is 0 Å². The van der Waals surface area contributed by atoms with E-state index in [0.29, 0.717) is 32.4 Å². The number of ketones is 1. The van der Waals surface area contributed by atoms with Crippen LogP contribution in [0.4, 0.5) is 5.69 Å². The summed E-state index contributed by atoms with van der Waals surface area (Å²) in [5.74, 6) is -1.28. The van der Waals surface area contributed by atoms with Crippen molar-refractivity contribution in [3.63, 3.8) is 0 Å². The molecule has 0 fully saturated rings. The van der Waals surface area contributed by atoms with Gasteiger partial charge in [-0.05, 0) is 77.9 Å². The van der Waals surface area contributed by atoms with Crippen molar-refractivity contribution in [2.75, 3.05) is 5.32 Å². The standard InChI is InChI=1S/C31H21Cl3N2O3/c32-25-11-5-4-7-20(25)15-18-28(37)21-13-16-24(17-14-21)35-31(39)27(19-23-10-6-12-26(33)29(23)34)36-30(38)22-8-2-1-3-9-22/h1-19H,(H,35,39)(H,36,38)/b18-15+,27-19-. The number of rotatable bonds is 8. The minimum Gasteiger partial charge on any atom is -0.321 e. The summed E-state index contributed by atoms with van der Waals surface area (Å²) >= 11 is 18.6. The van der Waals surface area contributed by atoms with Crippen molar-refractivity contribution in [3.05, 3.63) is 146 Å². The van der Waals surface area contributed by atoms with Gasteiger partial charge in [-0.1, -0.05) is 83.3 Å². The number of carbonyl (C=O) groups excluding carboxylic acids is 3. The van der Waals surface area contributed by atoms with Gasteiger partial charge in [0.1, 0.15) is 5.70 Å². The fourth-order valence-electron chi connectivity index (χ4n) is 3.52. The van der Waals surface area contributed by atoms with E-state index in [-0.39, 0.29) is 16.5 Å². The molecule has 39 heavy (non-hydrogen) atoms. The molecule has 8 heteroatoms. The maximum atomic E-state index is 13.2. The van der Waals surface area contributed by atoms with Crippen LogP contribution in [-0.2, 0) is 4.79 Å². The van der Waals surface area contributed by atoms with Gasteiger partial charge in [0.05, 0.1) is 10.0 Å². The third kappa shape index (κ3) is 7.45. The largest absolute Gasteiger partial charge is 0.321 e. The number of hydrogen-bond acceptors (Lipinski definition) is 3. The van der Waals surface area contributed by atoms with Crippen molar-refractivity contribution >= 4 is 70.2 Å². The van der Waals surface area contributed by atoms with Gasteiger partial charge < -0.3 is 10.6 Å². The van der Waals surface area contributed by atoms with Gasteiger partial charge in [0.2, 0.25) is 0 Å². The van der Waals surface area contributed by atoms with Crippen molar-refractivity contribution in [3.8, 4) is 0 Å². The van der Waals surface area contributed by atoms with Gasteiger partial charge in [-0.15, -0.1) is 0 Å². The molecule has 194 valence electrons. The number of halogens is 3. The van der Waals surface area contributed by atoms with Crippen molar-refractivity contribution in [2.45, 2.75) is 0 Å². The molecule has 0 saturated carbocycles. The van der Waals surface area contributed by atoms with E-state index in [1.165, 1.54) is 12.2 Å². The SMILES string of the molecule is O=C(Nc1ccc(C(=O)/C=C/c2ccccc2Cl)cc1)/C(=C/c1cccc(Cl)c1Cl)NC(=O)c1ccccc1. The molecule has 0 aromatic heterocycles. The molecule has 0 aliphatic rings. The zero-order valence-electron chi connectivity index (χ0n) is 20.3. The highest BCUT2D eigenvalue weighted by Gasteiger charge is 2.16. The molecule has 4 aromatic rings. The maximum absolute atomic E-state index is 13.2. The second-order valence-electron chi connectivity index (χ2n) is 8.27. The molecule has 0 aliphatic heterocycles. The van der Waals surface area contributed by atoms with Crippen LogP contribution < -0.4 is 10.6 Å². The van der Waals surface area contributed by atoms with Crippen LogP contribution in [0, 0.1) is 0 Å². The Bertz CT molecular complexity index is 1580. The summed E-state index contributed by atoms with van der Waals surface area (Å²) in [6, 6.07) is 27.0. The van der Waals surface area contributed by atoms with Crippen LogP contribution in [0.1, 0.15) is 31.8 Å². The highest BCUT2D eigenvalue weighted by molar-refractivity contribution is 6.43. The lowest BCUT2D eigenvalue weighted by Crippen LogP contribution is -2.30. The predicted octanol–water partition coefficient (Wildman–Crippen LogP) is 7.95.